The lowest BCUT2D eigenvalue weighted by Gasteiger charge is -2.22. The lowest BCUT2D eigenvalue weighted by molar-refractivity contribution is 0.475. The van der Waals surface area contributed by atoms with E-state index in [4.69, 9.17) is 11.6 Å². The summed E-state index contributed by atoms with van der Waals surface area (Å²) < 4.78 is 24.4. The molecule has 6 nitrogen and oxygen atoms in total. The average Bonchev–Trinajstić information content (AvgIpc) is 2.44. The molecule has 2 N–H and O–H groups in total. The van der Waals surface area contributed by atoms with E-state index in [1.807, 2.05) is 36.2 Å². The van der Waals surface area contributed by atoms with Crippen LogP contribution < -0.4 is 10.0 Å². The minimum Gasteiger partial charge on any atom is -0.356 e. The second-order valence-corrected chi connectivity index (χ2v) is 7.18. The van der Waals surface area contributed by atoms with Crippen molar-refractivity contribution < 1.29 is 8.42 Å². The van der Waals surface area contributed by atoms with Gasteiger partial charge in [-0.15, -0.1) is 24.0 Å². The summed E-state index contributed by atoms with van der Waals surface area (Å²) in [6.45, 7) is 1.67. The first-order chi connectivity index (χ1) is 10.3. The van der Waals surface area contributed by atoms with Crippen LogP contribution in [0.1, 0.15) is 12.0 Å². The van der Waals surface area contributed by atoms with Crippen molar-refractivity contribution >= 4 is 51.6 Å². The van der Waals surface area contributed by atoms with Crippen molar-refractivity contribution in [2.45, 2.75) is 13.0 Å². The molecular formula is C14H24ClIN4O2S. The van der Waals surface area contributed by atoms with Crippen molar-refractivity contribution in [3.8, 4) is 0 Å². The molecule has 0 radical (unpaired) electrons. The zero-order chi connectivity index (χ0) is 16.6. The van der Waals surface area contributed by atoms with E-state index in [-0.39, 0.29) is 24.0 Å². The molecule has 1 aromatic rings. The molecule has 1 aromatic carbocycles. The van der Waals surface area contributed by atoms with Gasteiger partial charge in [-0.25, -0.2) is 13.1 Å². The maximum absolute atomic E-state index is 11.0. The number of rotatable bonds is 7. The maximum Gasteiger partial charge on any atom is 0.208 e. The highest BCUT2D eigenvalue weighted by Gasteiger charge is 2.08. The molecule has 0 heterocycles. The van der Waals surface area contributed by atoms with Crippen LogP contribution in [0, 0.1) is 0 Å². The molecule has 132 valence electrons. The number of aliphatic imine (C=N–C) groups is 1. The first-order valence-corrected chi connectivity index (χ1v) is 9.20. The molecule has 0 fully saturated rings. The summed E-state index contributed by atoms with van der Waals surface area (Å²) in [4.78, 5) is 6.17. The van der Waals surface area contributed by atoms with E-state index in [1.165, 1.54) is 0 Å². The summed E-state index contributed by atoms with van der Waals surface area (Å²) >= 11 is 6.15. The quantitative estimate of drug-likeness (QED) is 0.274. The van der Waals surface area contributed by atoms with Crippen molar-refractivity contribution in [3.63, 3.8) is 0 Å². The minimum absolute atomic E-state index is 0. The number of nitrogens with zero attached hydrogens (tertiary/aromatic N) is 2. The summed E-state index contributed by atoms with van der Waals surface area (Å²) in [6.07, 6.45) is 1.82. The van der Waals surface area contributed by atoms with Gasteiger partial charge in [-0.2, -0.15) is 0 Å². The molecule has 9 heteroatoms. The van der Waals surface area contributed by atoms with Gasteiger partial charge in [0.05, 0.1) is 6.26 Å². The summed E-state index contributed by atoms with van der Waals surface area (Å²) in [5.74, 6) is 0.735. The van der Waals surface area contributed by atoms with Gasteiger partial charge in [0.25, 0.3) is 0 Å². The lowest BCUT2D eigenvalue weighted by atomic mass is 10.2. The Kier molecular flexibility index (Phi) is 10.8. The molecule has 23 heavy (non-hydrogen) atoms. The fourth-order valence-corrected chi connectivity index (χ4v) is 2.60. The largest absolute Gasteiger partial charge is 0.356 e. The van der Waals surface area contributed by atoms with E-state index in [9.17, 15) is 8.42 Å². The Morgan fingerprint density at radius 2 is 1.96 bits per heavy atom. The lowest BCUT2D eigenvalue weighted by Crippen LogP contribution is -2.39. The molecule has 0 saturated heterocycles. The SMILES string of the molecule is CN=C(NCCCNS(C)(=O)=O)N(C)Cc1ccccc1Cl.I. The van der Waals surface area contributed by atoms with Crippen LogP contribution in [0.25, 0.3) is 0 Å². The van der Waals surface area contributed by atoms with Crippen LogP contribution in [-0.2, 0) is 16.6 Å². The fourth-order valence-electron chi connectivity index (χ4n) is 1.89. The number of hydrogen-bond acceptors (Lipinski definition) is 3. The van der Waals surface area contributed by atoms with Gasteiger partial charge in [0.1, 0.15) is 0 Å². The highest BCUT2D eigenvalue weighted by molar-refractivity contribution is 14.0. The van der Waals surface area contributed by atoms with Gasteiger partial charge in [0, 0.05) is 38.8 Å². The molecule has 0 aromatic heterocycles. The van der Waals surface area contributed by atoms with Crippen LogP contribution in [0.4, 0.5) is 0 Å². The Morgan fingerprint density at radius 3 is 2.52 bits per heavy atom. The monoisotopic (exact) mass is 474 g/mol. The van der Waals surface area contributed by atoms with Crippen molar-refractivity contribution in [1.82, 2.24) is 14.9 Å². The molecule has 0 bridgehead atoms. The van der Waals surface area contributed by atoms with Gasteiger partial charge in [0.15, 0.2) is 5.96 Å². The van der Waals surface area contributed by atoms with Gasteiger partial charge >= 0.3 is 0 Å². The standard InChI is InChI=1S/C14H23ClN4O2S.HI/c1-16-14(17-9-6-10-18-22(3,20)21)19(2)11-12-7-4-5-8-13(12)15;/h4-5,7-8,18H,6,9-11H2,1-3H3,(H,16,17);1H. The van der Waals surface area contributed by atoms with Crippen LogP contribution >= 0.6 is 35.6 Å². The first-order valence-electron chi connectivity index (χ1n) is 6.93. The average molecular weight is 475 g/mol. The molecule has 0 aliphatic rings. The number of halogens is 2. The molecule has 0 atom stereocenters. The predicted molar refractivity (Wildman–Crippen MR) is 107 cm³/mol. The van der Waals surface area contributed by atoms with Gasteiger partial charge in [-0.05, 0) is 18.1 Å². The molecule has 0 saturated carbocycles. The molecule has 0 aliphatic carbocycles. The third-order valence-electron chi connectivity index (χ3n) is 2.94. The number of guanidine groups is 1. The molecule has 0 amide bonds. The highest BCUT2D eigenvalue weighted by Crippen LogP contribution is 2.16. The smallest absolute Gasteiger partial charge is 0.208 e. The number of hydrogen-bond donors (Lipinski definition) is 2. The summed E-state index contributed by atoms with van der Waals surface area (Å²) in [7, 11) is 0.507. The van der Waals surface area contributed by atoms with Crippen molar-refractivity contribution in [3.05, 3.63) is 34.9 Å². The second-order valence-electron chi connectivity index (χ2n) is 4.94. The molecule has 0 aliphatic heterocycles. The third kappa shape index (κ3) is 9.33. The van der Waals surface area contributed by atoms with Gasteiger partial charge in [-0.3, -0.25) is 4.99 Å². The van der Waals surface area contributed by atoms with Gasteiger partial charge in [-0.1, -0.05) is 29.8 Å². The normalized spacial score (nSPS) is 11.7. The second kappa shape index (κ2) is 11.1. The maximum atomic E-state index is 11.0. The third-order valence-corrected chi connectivity index (χ3v) is 4.04. The van der Waals surface area contributed by atoms with Gasteiger partial charge in [0.2, 0.25) is 10.0 Å². The van der Waals surface area contributed by atoms with E-state index >= 15 is 0 Å². The van der Waals surface area contributed by atoms with Gasteiger partial charge < -0.3 is 10.2 Å². The number of sulfonamides is 1. The van der Waals surface area contributed by atoms with Crippen molar-refractivity contribution in [2.24, 2.45) is 4.99 Å². The highest BCUT2D eigenvalue weighted by atomic mass is 127. The van der Waals surface area contributed by atoms with Crippen LogP contribution in [0.2, 0.25) is 5.02 Å². The van der Waals surface area contributed by atoms with E-state index in [2.05, 4.69) is 15.0 Å². The summed E-state index contributed by atoms with van der Waals surface area (Å²) in [5, 5.41) is 3.92. The number of nitrogens with one attached hydrogen (secondary N) is 2. The van der Waals surface area contributed by atoms with E-state index in [0.29, 0.717) is 26.1 Å². The van der Waals surface area contributed by atoms with Crippen LogP contribution in [0.3, 0.4) is 0 Å². The Hall–Kier alpha value is -0.580. The minimum atomic E-state index is -3.13. The summed E-state index contributed by atoms with van der Waals surface area (Å²) in [5.41, 5.74) is 1.02. The summed E-state index contributed by atoms with van der Waals surface area (Å²) in [6, 6.07) is 7.68. The topological polar surface area (TPSA) is 73.8 Å². The number of benzene rings is 1. The van der Waals surface area contributed by atoms with E-state index < -0.39 is 10.0 Å². The van der Waals surface area contributed by atoms with Crippen LogP contribution in [0.5, 0.6) is 0 Å². The Morgan fingerprint density at radius 1 is 1.30 bits per heavy atom. The van der Waals surface area contributed by atoms with Crippen molar-refractivity contribution in [2.75, 3.05) is 33.4 Å². The van der Waals surface area contributed by atoms with Crippen LogP contribution in [-0.4, -0.2) is 52.7 Å². The first kappa shape index (κ1) is 22.4. The zero-order valence-corrected chi connectivity index (χ0v) is 17.4. The molecule has 0 spiro atoms. The predicted octanol–water partition coefficient (Wildman–Crippen LogP) is 1.90. The fraction of sp³-hybridized carbons (Fsp3) is 0.500. The molecular weight excluding hydrogens is 451 g/mol. The van der Waals surface area contributed by atoms with E-state index in [1.54, 1.807) is 7.05 Å². The van der Waals surface area contributed by atoms with E-state index in [0.717, 1.165) is 22.8 Å². The zero-order valence-electron chi connectivity index (χ0n) is 13.5. The Balaban J connectivity index is 0.00000484. The van der Waals surface area contributed by atoms with Crippen molar-refractivity contribution in [1.29, 1.82) is 0 Å². The van der Waals surface area contributed by atoms with Crippen LogP contribution in [0.15, 0.2) is 29.3 Å². The molecule has 1 rings (SSSR count). The molecule has 0 unspecified atom stereocenters. The Bertz CT molecular complexity index is 611. The Labute approximate surface area is 160 Å².